The number of fused-ring (bicyclic) bond motifs is 2. The van der Waals surface area contributed by atoms with E-state index in [0.717, 1.165) is 18.1 Å². The topological polar surface area (TPSA) is 75.0 Å². The molecule has 5 heterocycles. The van der Waals surface area contributed by atoms with Gasteiger partial charge >= 0.3 is 6.18 Å². The van der Waals surface area contributed by atoms with Gasteiger partial charge in [0.15, 0.2) is 0 Å². The molecule has 1 aliphatic rings. The van der Waals surface area contributed by atoms with E-state index in [9.17, 15) is 22.0 Å². The summed E-state index contributed by atoms with van der Waals surface area (Å²) in [6.45, 7) is 0.376. The largest absolute Gasteiger partial charge is 0.419 e. The van der Waals surface area contributed by atoms with Crippen LogP contribution in [0.5, 0.6) is 0 Å². The van der Waals surface area contributed by atoms with Crippen molar-refractivity contribution in [1.29, 1.82) is 0 Å². The summed E-state index contributed by atoms with van der Waals surface area (Å²) in [5, 5.41) is 4.44. The molecule has 0 unspecified atom stereocenters. The van der Waals surface area contributed by atoms with Gasteiger partial charge in [-0.05, 0) is 18.2 Å². The average molecular weight is 435 g/mol. The van der Waals surface area contributed by atoms with E-state index in [1.807, 2.05) is 0 Å². The van der Waals surface area contributed by atoms with E-state index in [-0.39, 0.29) is 17.0 Å². The second-order valence-corrected chi connectivity index (χ2v) is 7.04. The predicted octanol–water partition coefficient (Wildman–Crippen LogP) is 3.96. The van der Waals surface area contributed by atoms with Gasteiger partial charge in [0.05, 0.1) is 28.8 Å². The maximum atomic E-state index is 13.4. The Morgan fingerprint density at radius 2 is 1.90 bits per heavy atom. The summed E-state index contributed by atoms with van der Waals surface area (Å²) in [5.41, 5.74) is 0.945. The van der Waals surface area contributed by atoms with Gasteiger partial charge in [-0.2, -0.15) is 18.3 Å². The highest BCUT2D eigenvalue weighted by atomic mass is 19.4. The van der Waals surface area contributed by atoms with Gasteiger partial charge in [0, 0.05) is 42.8 Å². The summed E-state index contributed by atoms with van der Waals surface area (Å²) in [6, 6.07) is 3.68. The van der Waals surface area contributed by atoms with Crippen LogP contribution in [-0.4, -0.2) is 36.1 Å². The molecule has 4 aromatic heterocycles. The Morgan fingerprint density at radius 3 is 2.61 bits per heavy atom. The molecule has 5 rings (SSSR count). The number of rotatable bonds is 3. The van der Waals surface area contributed by atoms with E-state index < -0.39 is 24.2 Å². The molecule has 1 atom stereocenters. The third-order valence-electron chi connectivity index (χ3n) is 5.22. The molecule has 0 bridgehead atoms. The first kappa shape index (κ1) is 19.4. The molecule has 0 saturated carbocycles. The quantitative estimate of drug-likeness (QED) is 0.493. The molecule has 0 aromatic carbocycles. The minimum absolute atomic E-state index is 0.0674. The van der Waals surface area contributed by atoms with Gasteiger partial charge in [-0.1, -0.05) is 0 Å². The normalized spacial score (nSPS) is 16.8. The van der Waals surface area contributed by atoms with Gasteiger partial charge in [0.1, 0.15) is 6.04 Å². The fourth-order valence-electron chi connectivity index (χ4n) is 3.78. The summed E-state index contributed by atoms with van der Waals surface area (Å²) < 4.78 is 66.9. The maximum absolute atomic E-state index is 13.4. The van der Waals surface area contributed by atoms with Crippen LogP contribution in [0, 0.1) is 0 Å². The molecule has 160 valence electrons. The number of aromatic nitrogens is 6. The summed E-state index contributed by atoms with van der Waals surface area (Å²) in [4.78, 5) is 16.9. The van der Waals surface area contributed by atoms with Crippen molar-refractivity contribution in [3.63, 3.8) is 0 Å². The van der Waals surface area contributed by atoms with Gasteiger partial charge in [-0.15, -0.1) is 0 Å². The first-order valence-electron chi connectivity index (χ1n) is 9.27. The second kappa shape index (κ2) is 7.00. The molecule has 7 nitrogen and oxygen atoms in total. The Kier molecular flexibility index (Phi) is 4.38. The highest BCUT2D eigenvalue weighted by molar-refractivity contribution is 5.58. The van der Waals surface area contributed by atoms with Crippen molar-refractivity contribution in [2.24, 2.45) is 0 Å². The number of H-pyrrole nitrogens is 1. The Bertz CT molecular complexity index is 1230. The molecule has 12 heteroatoms. The summed E-state index contributed by atoms with van der Waals surface area (Å²) in [5.74, 6) is 0.0674. The van der Waals surface area contributed by atoms with Crippen LogP contribution < -0.4 is 4.90 Å². The van der Waals surface area contributed by atoms with E-state index >= 15 is 0 Å². The lowest BCUT2D eigenvalue weighted by Gasteiger charge is -2.33. The van der Waals surface area contributed by atoms with E-state index in [0.29, 0.717) is 24.4 Å². The Morgan fingerprint density at radius 1 is 1.13 bits per heavy atom. The third kappa shape index (κ3) is 3.27. The lowest BCUT2D eigenvalue weighted by atomic mass is 10.00. The monoisotopic (exact) mass is 435 g/mol. The minimum Gasteiger partial charge on any atom is -0.348 e. The van der Waals surface area contributed by atoms with Gasteiger partial charge in [-0.25, -0.2) is 28.2 Å². The van der Waals surface area contributed by atoms with Gasteiger partial charge in [0.25, 0.3) is 6.43 Å². The van der Waals surface area contributed by atoms with Crippen molar-refractivity contribution in [2.45, 2.75) is 25.1 Å². The van der Waals surface area contributed by atoms with E-state index in [4.69, 9.17) is 0 Å². The number of imidazole rings is 1. The smallest absolute Gasteiger partial charge is 0.348 e. The predicted molar refractivity (Wildman–Crippen MR) is 98.7 cm³/mol. The van der Waals surface area contributed by atoms with Crippen LogP contribution in [0.1, 0.15) is 40.7 Å². The van der Waals surface area contributed by atoms with Crippen molar-refractivity contribution in [3.8, 4) is 0 Å². The van der Waals surface area contributed by atoms with Gasteiger partial charge < -0.3 is 9.88 Å². The number of aromatic amines is 1. The molecule has 1 aliphatic heterocycles. The van der Waals surface area contributed by atoms with Crippen LogP contribution in [-0.2, 0) is 12.6 Å². The van der Waals surface area contributed by atoms with Crippen molar-refractivity contribution in [3.05, 3.63) is 71.3 Å². The highest BCUT2D eigenvalue weighted by Gasteiger charge is 2.36. The fraction of sp³-hybridized carbons (Fsp3) is 0.263. The lowest BCUT2D eigenvalue weighted by molar-refractivity contribution is -0.138. The molecular weight excluding hydrogens is 421 g/mol. The third-order valence-corrected chi connectivity index (χ3v) is 5.22. The maximum Gasteiger partial charge on any atom is 0.419 e. The highest BCUT2D eigenvalue weighted by Crippen LogP contribution is 2.37. The number of pyridine rings is 1. The molecule has 0 saturated heterocycles. The summed E-state index contributed by atoms with van der Waals surface area (Å²) in [7, 11) is 0. The summed E-state index contributed by atoms with van der Waals surface area (Å²) >= 11 is 0. The molecule has 0 fully saturated rings. The Hall–Kier alpha value is -3.57. The zero-order valence-electron chi connectivity index (χ0n) is 15.7. The molecule has 0 radical (unpaired) electrons. The van der Waals surface area contributed by atoms with Crippen molar-refractivity contribution >= 4 is 11.5 Å². The Labute approximate surface area is 171 Å². The number of hydrogen-bond donors (Lipinski definition) is 1. The molecule has 0 aliphatic carbocycles. The van der Waals surface area contributed by atoms with E-state index in [1.54, 1.807) is 11.1 Å². The van der Waals surface area contributed by atoms with E-state index in [2.05, 4.69) is 25.0 Å². The fourth-order valence-corrected chi connectivity index (χ4v) is 3.78. The number of nitrogens with one attached hydrogen (secondary N) is 1. The van der Waals surface area contributed by atoms with Crippen molar-refractivity contribution < 1.29 is 22.0 Å². The average Bonchev–Trinajstić information content (AvgIpc) is 3.38. The summed E-state index contributed by atoms with van der Waals surface area (Å²) in [6.07, 6.45) is -2.20. The zero-order valence-corrected chi connectivity index (χ0v) is 15.7. The van der Waals surface area contributed by atoms with Crippen LogP contribution in [0.4, 0.5) is 27.9 Å². The van der Waals surface area contributed by atoms with Crippen LogP contribution in [0.2, 0.25) is 0 Å². The van der Waals surface area contributed by atoms with Crippen molar-refractivity contribution in [2.75, 3.05) is 11.4 Å². The molecule has 1 N–H and O–H groups in total. The number of hydrogen-bond acceptors (Lipinski definition) is 5. The molecule has 4 aromatic rings. The van der Waals surface area contributed by atoms with Crippen LogP contribution in [0.3, 0.4) is 0 Å². The van der Waals surface area contributed by atoms with Crippen LogP contribution in [0.25, 0.3) is 5.52 Å². The first-order valence-corrected chi connectivity index (χ1v) is 9.27. The number of halogens is 5. The molecule has 0 spiro atoms. The molecule has 31 heavy (non-hydrogen) atoms. The lowest BCUT2D eigenvalue weighted by Crippen LogP contribution is -2.37. The number of anilines is 1. The van der Waals surface area contributed by atoms with Gasteiger partial charge in [0.2, 0.25) is 5.95 Å². The van der Waals surface area contributed by atoms with Crippen molar-refractivity contribution in [1.82, 2.24) is 29.5 Å². The number of nitrogens with zero attached hydrogens (tertiary/aromatic N) is 6. The Balaban J connectivity index is 1.62. The zero-order chi connectivity index (χ0) is 21.8. The molecular formula is C19H14F5N7. The van der Waals surface area contributed by atoms with Crippen LogP contribution in [0.15, 0.2) is 43.1 Å². The second-order valence-electron chi connectivity index (χ2n) is 7.04. The molecule has 0 amide bonds. The SMILES string of the molecule is FC(F)c1cccn2nc([C@@H]3c4nc[nH]c4CCN3c3ncc(C(F)(F)F)cn3)cc12. The van der Waals surface area contributed by atoms with Crippen LogP contribution >= 0.6 is 0 Å². The first-order chi connectivity index (χ1) is 14.8. The van der Waals surface area contributed by atoms with E-state index in [1.165, 1.54) is 29.0 Å². The standard InChI is InChI=1S/C19H14F5N7/c20-17(21)11-2-1-4-31-14(11)6-13(29-31)16-15-12(27-9-28-15)3-5-30(16)18-25-7-10(8-26-18)19(22,23)24/h1-2,4,6-9,16-17H,3,5H2,(H,27,28)/t16-/m1/s1. The van der Waals surface area contributed by atoms with Gasteiger partial charge in [-0.3, -0.25) is 0 Å². The minimum atomic E-state index is -4.55. The number of alkyl halides is 5.